The maximum atomic E-state index is 12.0. The number of para-hydroxylation sites is 4. The van der Waals surface area contributed by atoms with Crippen LogP contribution in [-0.2, 0) is 22.4 Å². The molecule has 0 spiro atoms. The number of aliphatic hydroxyl groups excluding tert-OH is 1. The number of carbonyl (C=O) groups excluding carboxylic acids is 3. The Bertz CT molecular complexity index is 1620. The first kappa shape index (κ1) is 27.4. The molecule has 2 aliphatic heterocycles. The molecule has 208 valence electrons. The van der Waals surface area contributed by atoms with E-state index in [0.29, 0.717) is 24.2 Å². The first-order valence-corrected chi connectivity index (χ1v) is 13.1. The summed E-state index contributed by atoms with van der Waals surface area (Å²) in [7, 11) is 0. The van der Waals surface area contributed by atoms with Gasteiger partial charge in [-0.25, -0.2) is 9.59 Å². The van der Waals surface area contributed by atoms with Crippen molar-refractivity contribution in [1.29, 1.82) is 0 Å². The van der Waals surface area contributed by atoms with Gasteiger partial charge >= 0.3 is 18.0 Å². The Kier molecular flexibility index (Phi) is 7.71. The van der Waals surface area contributed by atoms with E-state index in [4.69, 9.17) is 16.2 Å². The zero-order valence-corrected chi connectivity index (χ0v) is 22.4. The molecule has 6 rings (SSSR count). The predicted molar refractivity (Wildman–Crippen MR) is 156 cm³/mol. The molecule has 9 nitrogen and oxygen atoms in total. The number of amides is 4. The Morgan fingerprint density at radius 2 is 1.07 bits per heavy atom. The molecule has 2 heterocycles. The lowest BCUT2D eigenvalue weighted by atomic mass is 10.0. The number of nitrogens with zero attached hydrogens (tertiary/aromatic N) is 2. The lowest BCUT2D eigenvalue weighted by Crippen LogP contribution is -2.32. The van der Waals surface area contributed by atoms with E-state index in [1.807, 2.05) is 84.9 Å². The highest BCUT2D eigenvalue weighted by Gasteiger charge is 2.31. The molecule has 0 aliphatic carbocycles. The molecule has 0 aromatic heterocycles. The molecule has 2 aliphatic rings. The Labute approximate surface area is 237 Å². The molecular formula is C32H30N4O5. The Balaban J connectivity index is 0.000000166. The van der Waals surface area contributed by atoms with Crippen molar-refractivity contribution in [3.8, 4) is 0 Å². The zero-order valence-electron chi connectivity index (χ0n) is 22.4. The van der Waals surface area contributed by atoms with E-state index in [1.54, 1.807) is 12.1 Å². The number of nitrogens with two attached hydrogens (primary N) is 2. The van der Waals surface area contributed by atoms with E-state index in [0.717, 1.165) is 33.6 Å². The van der Waals surface area contributed by atoms with Crippen molar-refractivity contribution < 1.29 is 24.2 Å². The standard InChI is InChI=1S/C17H16N2O3.C15H14N2O2/c1-11(20)22-16-10-12-6-2-4-8-14(12)19(17(18)21)15-9-5-3-7-13(15)16;16-15(19)17-12-7-3-1-5-10(12)9-14(18)11-6-2-4-8-13(11)17/h2-9,16H,10H2,1H3,(H2,18,21);1-8,14,18H,9H2,(H2,16,19)/t16-;14-/m00/s1. The van der Waals surface area contributed by atoms with Gasteiger partial charge in [-0.15, -0.1) is 0 Å². The van der Waals surface area contributed by atoms with Crippen LogP contribution in [0.1, 0.15) is 41.4 Å². The molecule has 0 fully saturated rings. The molecule has 9 heteroatoms. The number of aliphatic hydroxyl groups is 1. The third kappa shape index (κ3) is 5.48. The van der Waals surface area contributed by atoms with Crippen molar-refractivity contribution in [2.24, 2.45) is 11.5 Å². The first-order chi connectivity index (χ1) is 19.8. The highest BCUT2D eigenvalue weighted by molar-refractivity contribution is 6.01. The van der Waals surface area contributed by atoms with Gasteiger partial charge in [0.2, 0.25) is 0 Å². The smallest absolute Gasteiger partial charge is 0.323 e. The summed E-state index contributed by atoms with van der Waals surface area (Å²) >= 11 is 0. The normalized spacial score (nSPS) is 16.7. The number of benzene rings is 4. The number of primary amides is 2. The molecule has 4 amide bonds. The van der Waals surface area contributed by atoms with Crippen molar-refractivity contribution in [2.75, 3.05) is 9.80 Å². The number of carbonyl (C=O) groups is 3. The SMILES string of the molecule is CC(=O)O[C@H]1Cc2ccccc2N(C(N)=O)c2ccccc21.NC(=O)N1c2ccccc2C[C@H](O)c2ccccc21. The van der Waals surface area contributed by atoms with Crippen molar-refractivity contribution in [1.82, 2.24) is 0 Å². The van der Waals surface area contributed by atoms with Crippen molar-refractivity contribution in [3.05, 3.63) is 119 Å². The van der Waals surface area contributed by atoms with Gasteiger partial charge in [-0.05, 0) is 35.4 Å². The van der Waals surface area contributed by atoms with Gasteiger partial charge in [0.25, 0.3) is 0 Å². The average Bonchev–Trinajstić information content (AvgIpc) is 3.17. The Morgan fingerprint density at radius 1 is 0.659 bits per heavy atom. The molecule has 5 N–H and O–H groups in total. The second-order valence-electron chi connectivity index (χ2n) is 9.74. The number of hydrogen-bond donors (Lipinski definition) is 3. The summed E-state index contributed by atoms with van der Waals surface area (Å²) in [6, 6.07) is 28.5. The van der Waals surface area contributed by atoms with E-state index >= 15 is 0 Å². The number of ether oxygens (including phenoxy) is 1. The van der Waals surface area contributed by atoms with Crippen LogP contribution in [0, 0.1) is 0 Å². The van der Waals surface area contributed by atoms with E-state index in [-0.39, 0.29) is 5.97 Å². The topological polar surface area (TPSA) is 139 Å². The molecule has 4 aromatic rings. The van der Waals surface area contributed by atoms with Crippen LogP contribution in [0.25, 0.3) is 0 Å². The van der Waals surface area contributed by atoms with E-state index in [1.165, 1.54) is 16.7 Å². The van der Waals surface area contributed by atoms with Gasteiger partial charge in [0.15, 0.2) is 0 Å². The van der Waals surface area contributed by atoms with Crippen LogP contribution in [0.3, 0.4) is 0 Å². The van der Waals surface area contributed by atoms with Crippen LogP contribution in [-0.4, -0.2) is 23.1 Å². The minimum Gasteiger partial charge on any atom is -0.457 e. The lowest BCUT2D eigenvalue weighted by molar-refractivity contribution is -0.146. The predicted octanol–water partition coefficient (Wildman–Crippen LogP) is 5.56. The van der Waals surface area contributed by atoms with Crippen molar-refractivity contribution in [2.45, 2.75) is 32.0 Å². The number of rotatable bonds is 1. The Hall–Kier alpha value is -5.15. The monoisotopic (exact) mass is 550 g/mol. The highest BCUT2D eigenvalue weighted by Crippen LogP contribution is 2.42. The molecule has 0 bridgehead atoms. The van der Waals surface area contributed by atoms with E-state index in [2.05, 4.69) is 0 Å². The maximum absolute atomic E-state index is 12.0. The first-order valence-electron chi connectivity index (χ1n) is 13.1. The van der Waals surface area contributed by atoms with Crippen LogP contribution < -0.4 is 21.3 Å². The van der Waals surface area contributed by atoms with Crippen molar-refractivity contribution >= 4 is 40.8 Å². The van der Waals surface area contributed by atoms with E-state index in [9.17, 15) is 19.5 Å². The minimum atomic E-state index is -0.637. The summed E-state index contributed by atoms with van der Waals surface area (Å²) in [5.74, 6) is -0.357. The van der Waals surface area contributed by atoms with Gasteiger partial charge in [0.1, 0.15) is 6.10 Å². The molecule has 2 atom stereocenters. The lowest BCUT2D eigenvalue weighted by Gasteiger charge is -2.23. The quantitative estimate of drug-likeness (QED) is 0.266. The number of fused-ring (bicyclic) bond motifs is 4. The molecule has 0 unspecified atom stereocenters. The van der Waals surface area contributed by atoms with Gasteiger partial charge in [0, 0.05) is 30.9 Å². The average molecular weight is 551 g/mol. The van der Waals surface area contributed by atoms with Gasteiger partial charge in [0.05, 0.1) is 28.9 Å². The molecule has 4 aromatic carbocycles. The van der Waals surface area contributed by atoms with Gasteiger partial charge in [-0.1, -0.05) is 72.8 Å². The molecular weight excluding hydrogens is 520 g/mol. The van der Waals surface area contributed by atoms with Crippen LogP contribution in [0.2, 0.25) is 0 Å². The van der Waals surface area contributed by atoms with Crippen molar-refractivity contribution in [3.63, 3.8) is 0 Å². The van der Waals surface area contributed by atoms with Crippen LogP contribution >= 0.6 is 0 Å². The van der Waals surface area contributed by atoms with Crippen LogP contribution in [0.4, 0.5) is 32.3 Å². The summed E-state index contributed by atoms with van der Waals surface area (Å²) in [5, 5.41) is 10.3. The van der Waals surface area contributed by atoms with E-state index < -0.39 is 24.3 Å². The summed E-state index contributed by atoms with van der Waals surface area (Å²) in [4.78, 5) is 38.2. The Morgan fingerprint density at radius 3 is 1.59 bits per heavy atom. The molecule has 0 saturated heterocycles. The highest BCUT2D eigenvalue weighted by atomic mass is 16.5. The largest absolute Gasteiger partial charge is 0.457 e. The van der Waals surface area contributed by atoms with Gasteiger partial charge < -0.3 is 21.3 Å². The zero-order chi connectivity index (χ0) is 29.1. The molecule has 0 saturated carbocycles. The number of esters is 1. The summed E-state index contributed by atoms with van der Waals surface area (Å²) in [6.07, 6.45) is -0.117. The van der Waals surface area contributed by atoms with Gasteiger partial charge in [-0.2, -0.15) is 0 Å². The van der Waals surface area contributed by atoms with Crippen LogP contribution in [0.5, 0.6) is 0 Å². The summed E-state index contributed by atoms with van der Waals surface area (Å²) < 4.78 is 5.46. The van der Waals surface area contributed by atoms with Crippen LogP contribution in [0.15, 0.2) is 97.1 Å². The summed E-state index contributed by atoms with van der Waals surface area (Å²) in [5.41, 5.74) is 17.2. The third-order valence-electron chi connectivity index (χ3n) is 7.09. The second kappa shape index (κ2) is 11.5. The summed E-state index contributed by atoms with van der Waals surface area (Å²) in [6.45, 7) is 1.38. The fourth-order valence-electron chi connectivity index (χ4n) is 5.41. The number of urea groups is 2. The number of hydrogen-bond acceptors (Lipinski definition) is 5. The fraction of sp³-hybridized carbons (Fsp3) is 0.156. The third-order valence-corrected chi connectivity index (χ3v) is 7.09. The molecule has 41 heavy (non-hydrogen) atoms. The van der Waals surface area contributed by atoms with Gasteiger partial charge in [-0.3, -0.25) is 14.6 Å². The fourth-order valence-corrected chi connectivity index (χ4v) is 5.41. The minimum absolute atomic E-state index is 0.357. The maximum Gasteiger partial charge on any atom is 0.323 e. The second-order valence-corrected chi connectivity index (χ2v) is 9.74. The number of anilines is 4. The molecule has 0 radical (unpaired) electrons.